The minimum absolute atomic E-state index is 0.327. The fourth-order valence-electron chi connectivity index (χ4n) is 0.794. The highest BCUT2D eigenvalue weighted by Crippen LogP contribution is 1.82. The molecule has 0 atom stereocenters. The fourth-order valence-corrected chi connectivity index (χ4v) is 0.794. The molecular formula is C10H23NO4. The van der Waals surface area contributed by atoms with E-state index in [-0.39, 0.29) is 0 Å². The largest absolute Gasteiger partial charge is 0.355 e. The minimum atomic E-state index is 0.327. The lowest BCUT2D eigenvalue weighted by Crippen LogP contribution is -2.23. The summed E-state index contributed by atoms with van der Waals surface area (Å²) in [5.74, 6) is 0. The van der Waals surface area contributed by atoms with E-state index >= 15 is 0 Å². The normalized spacial score (nSPS) is 10.8. The molecule has 15 heavy (non-hydrogen) atoms. The predicted molar refractivity (Wildman–Crippen MR) is 57.3 cm³/mol. The smallest absolute Gasteiger partial charge is 0.148 e. The number of hydrogen-bond donors (Lipinski definition) is 1. The van der Waals surface area contributed by atoms with Gasteiger partial charge in [0.25, 0.3) is 0 Å². The van der Waals surface area contributed by atoms with E-state index in [1.54, 1.807) is 0 Å². The Morgan fingerprint density at radius 1 is 0.733 bits per heavy atom. The second-order valence-electron chi connectivity index (χ2n) is 3.00. The highest BCUT2D eigenvalue weighted by molar-refractivity contribution is 4.25. The first-order valence-electron chi connectivity index (χ1n) is 5.43. The second kappa shape index (κ2) is 13.8. The van der Waals surface area contributed by atoms with Crippen LogP contribution in [0.15, 0.2) is 0 Å². The standard InChI is InChI=1S/C10H23NO4/c1-3-5-12-9-14-7-11-8-15-10-13-6-4-2/h11H,3-10H2,1-2H3. The average molecular weight is 221 g/mol. The van der Waals surface area contributed by atoms with Gasteiger partial charge in [-0.3, -0.25) is 5.32 Å². The zero-order valence-corrected chi connectivity index (χ0v) is 9.79. The van der Waals surface area contributed by atoms with Crippen LogP contribution in [0.2, 0.25) is 0 Å². The van der Waals surface area contributed by atoms with Crippen LogP contribution in [-0.4, -0.2) is 40.3 Å². The Labute approximate surface area is 92.0 Å². The van der Waals surface area contributed by atoms with Crippen LogP contribution in [0, 0.1) is 0 Å². The topological polar surface area (TPSA) is 49.0 Å². The Bertz CT molecular complexity index is 102. The van der Waals surface area contributed by atoms with Gasteiger partial charge in [-0.1, -0.05) is 13.8 Å². The molecule has 0 rings (SSSR count). The third-order valence-electron chi connectivity index (χ3n) is 1.44. The lowest BCUT2D eigenvalue weighted by Gasteiger charge is -2.07. The predicted octanol–water partition coefficient (Wildman–Crippen LogP) is 1.29. The van der Waals surface area contributed by atoms with Crippen molar-refractivity contribution in [3.05, 3.63) is 0 Å². The van der Waals surface area contributed by atoms with E-state index in [1.807, 2.05) is 0 Å². The third-order valence-corrected chi connectivity index (χ3v) is 1.44. The van der Waals surface area contributed by atoms with Gasteiger partial charge in [-0.05, 0) is 12.8 Å². The van der Waals surface area contributed by atoms with E-state index in [4.69, 9.17) is 18.9 Å². The Hall–Kier alpha value is -0.200. The molecule has 0 saturated heterocycles. The van der Waals surface area contributed by atoms with Crippen molar-refractivity contribution in [1.82, 2.24) is 5.32 Å². The number of ether oxygens (including phenoxy) is 4. The van der Waals surface area contributed by atoms with Crippen molar-refractivity contribution < 1.29 is 18.9 Å². The molecule has 0 aromatic rings. The molecule has 0 fully saturated rings. The van der Waals surface area contributed by atoms with Gasteiger partial charge in [0.05, 0.1) is 0 Å². The number of nitrogens with one attached hydrogen (secondary N) is 1. The lowest BCUT2D eigenvalue weighted by molar-refractivity contribution is -0.0863. The summed E-state index contributed by atoms with van der Waals surface area (Å²) in [5, 5.41) is 2.93. The Morgan fingerprint density at radius 2 is 1.20 bits per heavy atom. The quantitative estimate of drug-likeness (QED) is 0.397. The molecule has 0 heterocycles. The molecule has 5 nitrogen and oxygen atoms in total. The molecule has 0 saturated carbocycles. The summed E-state index contributed by atoms with van der Waals surface area (Å²) in [6, 6.07) is 0. The molecule has 0 aliphatic rings. The monoisotopic (exact) mass is 221 g/mol. The SMILES string of the molecule is CCCOCOCNCOCOCCC. The summed E-state index contributed by atoms with van der Waals surface area (Å²) in [7, 11) is 0. The minimum Gasteiger partial charge on any atom is -0.355 e. The van der Waals surface area contributed by atoms with E-state index < -0.39 is 0 Å². The van der Waals surface area contributed by atoms with Gasteiger partial charge in [-0.2, -0.15) is 0 Å². The molecule has 0 bridgehead atoms. The van der Waals surface area contributed by atoms with E-state index in [2.05, 4.69) is 19.2 Å². The fraction of sp³-hybridized carbons (Fsp3) is 1.00. The van der Waals surface area contributed by atoms with Crippen LogP contribution >= 0.6 is 0 Å². The summed E-state index contributed by atoms with van der Waals surface area (Å²) in [4.78, 5) is 0. The number of rotatable bonds is 12. The zero-order valence-electron chi connectivity index (χ0n) is 9.79. The van der Waals surface area contributed by atoms with E-state index in [1.165, 1.54) is 0 Å². The Balaban J connectivity index is 2.81. The third kappa shape index (κ3) is 13.8. The molecule has 0 aliphatic heterocycles. The second-order valence-corrected chi connectivity index (χ2v) is 3.00. The first kappa shape index (κ1) is 14.8. The molecule has 5 heteroatoms. The molecule has 0 unspecified atom stereocenters. The maximum absolute atomic E-state index is 5.11. The first-order chi connectivity index (χ1) is 7.41. The van der Waals surface area contributed by atoms with E-state index in [0.717, 1.165) is 26.1 Å². The molecule has 0 amide bonds. The van der Waals surface area contributed by atoms with Crippen LogP contribution in [-0.2, 0) is 18.9 Å². The zero-order chi connectivity index (χ0) is 11.2. The summed E-state index contributed by atoms with van der Waals surface area (Å²) in [6.45, 7) is 7.10. The van der Waals surface area contributed by atoms with Crippen LogP contribution in [0.1, 0.15) is 26.7 Å². The molecule has 92 valence electrons. The van der Waals surface area contributed by atoms with Crippen LogP contribution in [0.5, 0.6) is 0 Å². The van der Waals surface area contributed by atoms with Gasteiger partial charge in [0.2, 0.25) is 0 Å². The van der Waals surface area contributed by atoms with Crippen molar-refractivity contribution in [2.75, 3.05) is 40.3 Å². The molecule has 0 spiro atoms. The lowest BCUT2D eigenvalue weighted by atomic mass is 10.5. The van der Waals surface area contributed by atoms with Crippen molar-refractivity contribution in [1.29, 1.82) is 0 Å². The Morgan fingerprint density at radius 3 is 1.60 bits per heavy atom. The van der Waals surface area contributed by atoms with Gasteiger partial charge in [0.15, 0.2) is 0 Å². The van der Waals surface area contributed by atoms with Crippen LogP contribution < -0.4 is 5.32 Å². The maximum atomic E-state index is 5.11. The van der Waals surface area contributed by atoms with Gasteiger partial charge in [-0.15, -0.1) is 0 Å². The number of hydrogen-bond acceptors (Lipinski definition) is 5. The molecule has 0 aliphatic carbocycles. The van der Waals surface area contributed by atoms with Gasteiger partial charge in [0, 0.05) is 13.2 Å². The van der Waals surface area contributed by atoms with Crippen molar-refractivity contribution in [3.63, 3.8) is 0 Å². The molecule has 0 radical (unpaired) electrons. The van der Waals surface area contributed by atoms with Crippen molar-refractivity contribution in [2.24, 2.45) is 0 Å². The Kier molecular flexibility index (Phi) is 13.6. The van der Waals surface area contributed by atoms with Crippen LogP contribution in [0.4, 0.5) is 0 Å². The van der Waals surface area contributed by atoms with E-state index in [9.17, 15) is 0 Å². The molecule has 1 N–H and O–H groups in total. The van der Waals surface area contributed by atoms with Crippen LogP contribution in [0.3, 0.4) is 0 Å². The van der Waals surface area contributed by atoms with Gasteiger partial charge in [0.1, 0.15) is 27.0 Å². The van der Waals surface area contributed by atoms with Gasteiger partial charge < -0.3 is 18.9 Å². The molecular weight excluding hydrogens is 198 g/mol. The summed E-state index contributed by atoms with van der Waals surface area (Å²) in [5.41, 5.74) is 0. The van der Waals surface area contributed by atoms with Crippen molar-refractivity contribution in [2.45, 2.75) is 26.7 Å². The summed E-state index contributed by atoms with van der Waals surface area (Å²) >= 11 is 0. The first-order valence-corrected chi connectivity index (χ1v) is 5.43. The van der Waals surface area contributed by atoms with Crippen molar-refractivity contribution in [3.8, 4) is 0 Å². The highest BCUT2D eigenvalue weighted by Gasteiger charge is 1.89. The van der Waals surface area contributed by atoms with Gasteiger partial charge in [-0.25, -0.2) is 0 Å². The van der Waals surface area contributed by atoms with Gasteiger partial charge >= 0.3 is 0 Å². The molecule has 0 aromatic carbocycles. The average Bonchev–Trinajstić information content (AvgIpc) is 2.26. The summed E-state index contributed by atoms with van der Waals surface area (Å²) in [6.07, 6.45) is 2.02. The summed E-state index contributed by atoms with van der Waals surface area (Å²) < 4.78 is 20.4. The highest BCUT2D eigenvalue weighted by atomic mass is 16.7. The van der Waals surface area contributed by atoms with E-state index in [0.29, 0.717) is 27.0 Å². The van der Waals surface area contributed by atoms with Crippen LogP contribution in [0.25, 0.3) is 0 Å². The van der Waals surface area contributed by atoms with Crippen molar-refractivity contribution >= 4 is 0 Å². The molecule has 0 aromatic heterocycles. The maximum Gasteiger partial charge on any atom is 0.148 e.